The van der Waals surface area contributed by atoms with Crippen molar-refractivity contribution in [1.29, 1.82) is 0 Å². The topological polar surface area (TPSA) is 64.9 Å². The van der Waals surface area contributed by atoms with Crippen molar-refractivity contribution in [2.24, 2.45) is 0 Å². The first-order chi connectivity index (χ1) is 6.65. The van der Waals surface area contributed by atoms with Crippen molar-refractivity contribution in [2.45, 2.75) is 13.8 Å². The summed E-state index contributed by atoms with van der Waals surface area (Å²) in [7, 11) is 0. The minimum absolute atomic E-state index is 0.272. The van der Waals surface area contributed by atoms with Gasteiger partial charge in [0.15, 0.2) is 5.76 Å². The van der Waals surface area contributed by atoms with Crippen molar-refractivity contribution in [2.75, 3.05) is 5.73 Å². The van der Waals surface area contributed by atoms with Gasteiger partial charge in [-0.2, -0.15) is 0 Å². The number of nitrogens with two attached hydrogens (primary N) is 1. The molecule has 0 amide bonds. The summed E-state index contributed by atoms with van der Waals surface area (Å²) < 4.78 is 5.43. The normalized spacial score (nSPS) is 10.4. The molecule has 2 heterocycles. The lowest BCUT2D eigenvalue weighted by Crippen LogP contribution is -1.97. The first kappa shape index (κ1) is 8.74. The summed E-state index contributed by atoms with van der Waals surface area (Å²) in [4.78, 5) is 8.08. The highest BCUT2D eigenvalue weighted by molar-refractivity contribution is 5.54. The van der Waals surface area contributed by atoms with Gasteiger partial charge in [0.25, 0.3) is 0 Å². The van der Waals surface area contributed by atoms with Crippen molar-refractivity contribution in [1.82, 2.24) is 9.97 Å². The van der Waals surface area contributed by atoms with Gasteiger partial charge < -0.3 is 10.2 Å². The highest BCUT2D eigenvalue weighted by Gasteiger charge is 2.05. The molecule has 0 bridgehead atoms. The average molecular weight is 189 g/mol. The number of aromatic nitrogens is 2. The predicted molar refractivity (Wildman–Crippen MR) is 53.6 cm³/mol. The van der Waals surface area contributed by atoms with Crippen LogP contribution in [0.2, 0.25) is 0 Å². The van der Waals surface area contributed by atoms with Crippen molar-refractivity contribution < 1.29 is 4.42 Å². The average Bonchev–Trinajstić information content (AvgIpc) is 2.50. The molecule has 0 aromatic carbocycles. The van der Waals surface area contributed by atoms with Gasteiger partial charge in [0.05, 0.1) is 0 Å². The van der Waals surface area contributed by atoms with Crippen LogP contribution in [0.3, 0.4) is 0 Å². The van der Waals surface area contributed by atoms with Crippen LogP contribution in [0.15, 0.2) is 22.6 Å². The number of hydrogen-bond acceptors (Lipinski definition) is 4. The third-order valence-electron chi connectivity index (χ3n) is 1.86. The minimum atomic E-state index is 0.272. The highest BCUT2D eigenvalue weighted by atomic mass is 16.3. The van der Waals surface area contributed by atoms with Crippen LogP contribution in [-0.2, 0) is 0 Å². The van der Waals surface area contributed by atoms with E-state index in [1.807, 2.05) is 32.0 Å². The summed E-state index contributed by atoms with van der Waals surface area (Å²) in [5, 5.41) is 0. The Morgan fingerprint density at radius 2 is 2.00 bits per heavy atom. The Morgan fingerprint density at radius 3 is 2.57 bits per heavy atom. The number of anilines is 1. The Morgan fingerprint density at radius 1 is 1.21 bits per heavy atom. The van der Waals surface area contributed by atoms with Crippen LogP contribution in [0, 0.1) is 13.8 Å². The summed E-state index contributed by atoms with van der Waals surface area (Å²) in [6, 6.07) is 5.61. The Kier molecular flexibility index (Phi) is 1.96. The zero-order valence-corrected chi connectivity index (χ0v) is 8.11. The minimum Gasteiger partial charge on any atom is -0.460 e. The number of nitrogen functional groups attached to an aromatic ring is 1. The lowest BCUT2D eigenvalue weighted by molar-refractivity contribution is 0.546. The van der Waals surface area contributed by atoms with Crippen LogP contribution >= 0.6 is 0 Å². The number of furan rings is 1. The molecule has 0 unspecified atom stereocenters. The molecule has 0 aliphatic rings. The third-order valence-corrected chi connectivity index (χ3v) is 1.86. The van der Waals surface area contributed by atoms with Crippen molar-refractivity contribution in [3.05, 3.63) is 29.7 Å². The molecule has 0 fully saturated rings. The summed E-state index contributed by atoms with van der Waals surface area (Å²) in [6.07, 6.45) is 0. The number of nitrogens with zero attached hydrogens (tertiary/aromatic N) is 2. The Bertz CT molecular complexity index is 442. The van der Waals surface area contributed by atoms with E-state index < -0.39 is 0 Å². The third kappa shape index (κ3) is 1.59. The summed E-state index contributed by atoms with van der Waals surface area (Å²) in [5.41, 5.74) is 7.10. The molecule has 2 N–H and O–H groups in total. The van der Waals surface area contributed by atoms with Gasteiger partial charge in [0.1, 0.15) is 11.5 Å². The molecule has 0 atom stereocenters. The number of rotatable bonds is 1. The second kappa shape index (κ2) is 3.14. The van der Waals surface area contributed by atoms with E-state index in [-0.39, 0.29) is 5.95 Å². The largest absolute Gasteiger partial charge is 0.460 e. The summed E-state index contributed by atoms with van der Waals surface area (Å²) in [6.45, 7) is 3.76. The zero-order valence-electron chi connectivity index (χ0n) is 8.11. The number of aryl methyl sites for hydroxylation is 2. The summed E-state index contributed by atoms with van der Waals surface area (Å²) >= 11 is 0. The quantitative estimate of drug-likeness (QED) is 0.744. The van der Waals surface area contributed by atoms with Gasteiger partial charge in [-0.1, -0.05) is 0 Å². The van der Waals surface area contributed by atoms with Crippen LogP contribution in [0.5, 0.6) is 0 Å². The Balaban J connectivity index is 2.51. The maximum absolute atomic E-state index is 5.54. The molecule has 0 aliphatic carbocycles. The van der Waals surface area contributed by atoms with E-state index in [0.717, 1.165) is 22.9 Å². The van der Waals surface area contributed by atoms with Gasteiger partial charge in [-0.25, -0.2) is 9.97 Å². The van der Waals surface area contributed by atoms with Crippen molar-refractivity contribution in [3.63, 3.8) is 0 Å². The highest BCUT2D eigenvalue weighted by Crippen LogP contribution is 2.20. The molecular formula is C10H11N3O. The maximum atomic E-state index is 5.54. The van der Waals surface area contributed by atoms with Crippen LogP contribution < -0.4 is 5.73 Å². The predicted octanol–water partition coefficient (Wildman–Crippen LogP) is 1.94. The second-order valence-electron chi connectivity index (χ2n) is 3.16. The SMILES string of the molecule is Cc1cc(-c2ccc(C)o2)nc(N)n1. The van der Waals surface area contributed by atoms with Gasteiger partial charge in [-0.15, -0.1) is 0 Å². The van der Waals surface area contributed by atoms with Crippen LogP contribution in [0.4, 0.5) is 5.95 Å². The fourth-order valence-electron chi connectivity index (χ4n) is 1.29. The summed E-state index contributed by atoms with van der Waals surface area (Å²) in [5.74, 6) is 1.85. The van der Waals surface area contributed by atoms with Crippen molar-refractivity contribution in [3.8, 4) is 11.5 Å². The molecule has 2 rings (SSSR count). The van der Waals surface area contributed by atoms with Gasteiger partial charge in [-0.05, 0) is 32.0 Å². The molecule has 72 valence electrons. The molecule has 14 heavy (non-hydrogen) atoms. The molecule has 2 aromatic heterocycles. The first-order valence-corrected chi connectivity index (χ1v) is 4.33. The zero-order chi connectivity index (χ0) is 10.1. The van der Waals surface area contributed by atoms with Gasteiger partial charge in [-0.3, -0.25) is 0 Å². The van der Waals surface area contributed by atoms with Crippen LogP contribution in [0.1, 0.15) is 11.5 Å². The van der Waals surface area contributed by atoms with Crippen molar-refractivity contribution >= 4 is 5.95 Å². The van der Waals surface area contributed by atoms with E-state index >= 15 is 0 Å². The Hall–Kier alpha value is -1.84. The first-order valence-electron chi connectivity index (χ1n) is 4.33. The van der Waals surface area contributed by atoms with E-state index in [1.165, 1.54) is 0 Å². The van der Waals surface area contributed by atoms with E-state index in [2.05, 4.69) is 9.97 Å². The molecule has 4 nitrogen and oxygen atoms in total. The van der Waals surface area contributed by atoms with E-state index in [9.17, 15) is 0 Å². The lowest BCUT2D eigenvalue weighted by atomic mass is 10.3. The lowest BCUT2D eigenvalue weighted by Gasteiger charge is -1.99. The smallest absolute Gasteiger partial charge is 0.220 e. The molecule has 4 heteroatoms. The maximum Gasteiger partial charge on any atom is 0.220 e. The molecule has 0 saturated carbocycles. The monoisotopic (exact) mass is 189 g/mol. The molecule has 0 aliphatic heterocycles. The molecule has 0 radical (unpaired) electrons. The van der Waals surface area contributed by atoms with E-state index in [4.69, 9.17) is 10.2 Å². The van der Waals surface area contributed by atoms with Crippen LogP contribution in [-0.4, -0.2) is 9.97 Å². The van der Waals surface area contributed by atoms with Gasteiger partial charge >= 0.3 is 0 Å². The molecule has 2 aromatic rings. The Labute approximate surface area is 81.8 Å². The van der Waals surface area contributed by atoms with Gasteiger partial charge in [0, 0.05) is 5.69 Å². The molecule has 0 saturated heterocycles. The second-order valence-corrected chi connectivity index (χ2v) is 3.16. The van der Waals surface area contributed by atoms with E-state index in [1.54, 1.807) is 0 Å². The molecular weight excluding hydrogens is 178 g/mol. The number of hydrogen-bond donors (Lipinski definition) is 1. The standard InChI is InChI=1S/C10H11N3O/c1-6-5-8(13-10(11)12-6)9-4-3-7(2)14-9/h3-5H,1-2H3,(H2,11,12,13). The van der Waals surface area contributed by atoms with Crippen LogP contribution in [0.25, 0.3) is 11.5 Å². The van der Waals surface area contributed by atoms with E-state index in [0.29, 0.717) is 0 Å². The molecule has 0 spiro atoms. The fourth-order valence-corrected chi connectivity index (χ4v) is 1.29. The van der Waals surface area contributed by atoms with Gasteiger partial charge in [0.2, 0.25) is 5.95 Å². The fraction of sp³-hybridized carbons (Fsp3) is 0.200.